The van der Waals surface area contributed by atoms with E-state index >= 15 is 0 Å². The molecular weight excluding hydrogens is 302 g/mol. The highest BCUT2D eigenvalue weighted by molar-refractivity contribution is 7.92. The minimum atomic E-state index is -3.33. The van der Waals surface area contributed by atoms with E-state index in [1.54, 1.807) is 15.8 Å². The fraction of sp³-hybridized carbons (Fsp3) is 0.733. The molecule has 1 amide bonds. The first-order valence-electron chi connectivity index (χ1n) is 7.85. The van der Waals surface area contributed by atoms with E-state index in [1.165, 1.54) is 0 Å². The van der Waals surface area contributed by atoms with Crippen molar-refractivity contribution in [1.82, 2.24) is 14.7 Å². The van der Waals surface area contributed by atoms with Gasteiger partial charge in [0.1, 0.15) is 5.75 Å². The Balaban J connectivity index is 2.02. The van der Waals surface area contributed by atoms with Crippen molar-refractivity contribution >= 4 is 15.7 Å². The first-order valence-corrected chi connectivity index (χ1v) is 9.67. The van der Waals surface area contributed by atoms with E-state index in [-0.39, 0.29) is 29.4 Å². The van der Waals surface area contributed by atoms with Crippen LogP contribution in [-0.2, 0) is 21.2 Å². The maximum absolute atomic E-state index is 12.5. The number of hydrogen-bond acceptors (Lipinski definition) is 4. The smallest absolute Gasteiger partial charge is 0.238 e. The maximum Gasteiger partial charge on any atom is 0.238 e. The van der Waals surface area contributed by atoms with Gasteiger partial charge >= 0.3 is 0 Å². The van der Waals surface area contributed by atoms with Crippen molar-refractivity contribution in [3.05, 3.63) is 18.5 Å². The van der Waals surface area contributed by atoms with Crippen LogP contribution in [0, 0.1) is 5.92 Å². The molecule has 2 heterocycles. The summed E-state index contributed by atoms with van der Waals surface area (Å²) in [6, 6.07) is 1.89. The fourth-order valence-electron chi connectivity index (χ4n) is 2.98. The first-order chi connectivity index (χ1) is 10.4. The van der Waals surface area contributed by atoms with Crippen LogP contribution in [-0.4, -0.2) is 53.1 Å². The second-order valence-corrected chi connectivity index (χ2v) is 8.52. The summed E-state index contributed by atoms with van der Waals surface area (Å²) in [6.45, 7) is 4.97. The fourth-order valence-corrected chi connectivity index (χ4v) is 4.66. The molecule has 2 rings (SSSR count). The van der Waals surface area contributed by atoms with Gasteiger partial charge in [-0.3, -0.25) is 9.48 Å². The molecule has 0 spiro atoms. The third-order valence-electron chi connectivity index (χ3n) is 3.84. The molecule has 1 atom stereocenters. The van der Waals surface area contributed by atoms with Gasteiger partial charge in [0.15, 0.2) is 9.84 Å². The highest BCUT2D eigenvalue weighted by Gasteiger charge is 2.30. The number of sulfone groups is 1. The first kappa shape index (κ1) is 17.0. The van der Waals surface area contributed by atoms with Crippen LogP contribution >= 0.6 is 0 Å². The molecule has 0 radical (unpaired) electrons. The Hall–Kier alpha value is -1.37. The number of likely N-dealkylation sites (tertiary alicyclic amines) is 1. The van der Waals surface area contributed by atoms with Crippen LogP contribution in [0.5, 0.6) is 0 Å². The Kier molecular flexibility index (Phi) is 5.61. The molecule has 1 aliphatic rings. The summed E-state index contributed by atoms with van der Waals surface area (Å²) < 4.78 is 25.9. The third kappa shape index (κ3) is 4.83. The lowest BCUT2D eigenvalue weighted by Gasteiger charge is -2.35. The van der Waals surface area contributed by atoms with Crippen LogP contribution in [0.1, 0.15) is 33.1 Å². The summed E-state index contributed by atoms with van der Waals surface area (Å²) in [5.74, 6) is -0.534. The summed E-state index contributed by atoms with van der Waals surface area (Å²) in [7, 11) is -3.33. The third-order valence-corrected chi connectivity index (χ3v) is 5.70. The largest absolute Gasteiger partial charge is 0.337 e. The lowest BCUT2D eigenvalue weighted by molar-refractivity contribution is -0.132. The topological polar surface area (TPSA) is 72.3 Å². The number of hydrogen-bond donors (Lipinski definition) is 0. The monoisotopic (exact) mass is 327 g/mol. The number of piperidine rings is 1. The van der Waals surface area contributed by atoms with Gasteiger partial charge < -0.3 is 4.90 Å². The van der Waals surface area contributed by atoms with Gasteiger partial charge in [0.25, 0.3) is 0 Å². The van der Waals surface area contributed by atoms with E-state index in [9.17, 15) is 13.2 Å². The quantitative estimate of drug-likeness (QED) is 0.790. The molecule has 0 bridgehead atoms. The van der Waals surface area contributed by atoms with E-state index in [0.29, 0.717) is 13.1 Å². The van der Waals surface area contributed by atoms with Crippen molar-refractivity contribution in [2.75, 3.05) is 18.1 Å². The minimum Gasteiger partial charge on any atom is -0.337 e. The van der Waals surface area contributed by atoms with Crippen LogP contribution in [0.2, 0.25) is 0 Å². The maximum atomic E-state index is 12.5. The predicted octanol–water partition coefficient (Wildman–Crippen LogP) is 1.33. The lowest BCUT2D eigenvalue weighted by atomic mass is 10.0. The van der Waals surface area contributed by atoms with Gasteiger partial charge in [-0.25, -0.2) is 8.42 Å². The molecule has 0 N–H and O–H groups in total. The molecule has 0 aliphatic carbocycles. The van der Waals surface area contributed by atoms with E-state index in [4.69, 9.17) is 0 Å². The number of carbonyl (C=O) groups is 1. The Labute approximate surface area is 132 Å². The average molecular weight is 327 g/mol. The highest BCUT2D eigenvalue weighted by atomic mass is 32.2. The van der Waals surface area contributed by atoms with Gasteiger partial charge in [-0.2, -0.15) is 5.10 Å². The zero-order valence-corrected chi connectivity index (χ0v) is 14.1. The summed E-state index contributed by atoms with van der Waals surface area (Å²) >= 11 is 0. The Morgan fingerprint density at radius 1 is 1.36 bits per heavy atom. The van der Waals surface area contributed by atoms with Crippen molar-refractivity contribution in [1.29, 1.82) is 0 Å². The molecule has 22 heavy (non-hydrogen) atoms. The van der Waals surface area contributed by atoms with Crippen LogP contribution < -0.4 is 0 Å². The molecule has 0 saturated carbocycles. The van der Waals surface area contributed by atoms with Crippen molar-refractivity contribution < 1.29 is 13.2 Å². The number of aromatic nitrogens is 2. The summed E-state index contributed by atoms with van der Waals surface area (Å²) in [5, 5.41) is 4.18. The SMILES string of the molecule is CC(C)CS(=O)(=O)CC(=O)N1CCCC[C@@H]1Cn1cccn1. The zero-order chi connectivity index (χ0) is 16.2. The predicted molar refractivity (Wildman–Crippen MR) is 85.1 cm³/mol. The van der Waals surface area contributed by atoms with E-state index in [0.717, 1.165) is 19.3 Å². The Morgan fingerprint density at radius 3 is 2.77 bits per heavy atom. The van der Waals surface area contributed by atoms with Gasteiger partial charge in [-0.15, -0.1) is 0 Å². The molecule has 0 aromatic carbocycles. The zero-order valence-electron chi connectivity index (χ0n) is 13.3. The van der Waals surface area contributed by atoms with Crippen molar-refractivity contribution in [3.8, 4) is 0 Å². The second kappa shape index (κ2) is 7.26. The second-order valence-electron chi connectivity index (χ2n) is 6.41. The average Bonchev–Trinajstić information content (AvgIpc) is 2.90. The Morgan fingerprint density at radius 2 is 2.14 bits per heavy atom. The van der Waals surface area contributed by atoms with E-state index < -0.39 is 9.84 Å². The van der Waals surface area contributed by atoms with Crippen molar-refractivity contribution in [2.45, 2.75) is 45.7 Å². The number of nitrogens with zero attached hydrogens (tertiary/aromatic N) is 3. The molecular formula is C15H25N3O3S. The molecule has 124 valence electrons. The molecule has 6 nitrogen and oxygen atoms in total. The summed E-state index contributed by atoms with van der Waals surface area (Å²) in [6.07, 6.45) is 6.48. The Bertz CT molecular complexity index is 581. The van der Waals surface area contributed by atoms with Crippen molar-refractivity contribution in [2.24, 2.45) is 5.92 Å². The van der Waals surface area contributed by atoms with Crippen LogP contribution in [0.4, 0.5) is 0 Å². The van der Waals surface area contributed by atoms with E-state index in [2.05, 4.69) is 5.10 Å². The number of rotatable bonds is 6. The van der Waals surface area contributed by atoms with Gasteiger partial charge in [-0.05, 0) is 31.2 Å². The van der Waals surface area contributed by atoms with Crippen LogP contribution in [0.15, 0.2) is 18.5 Å². The summed E-state index contributed by atoms with van der Waals surface area (Å²) in [5.41, 5.74) is 0. The number of carbonyl (C=O) groups excluding carboxylic acids is 1. The van der Waals surface area contributed by atoms with E-state index in [1.807, 2.05) is 26.1 Å². The molecule has 1 aromatic heterocycles. The van der Waals surface area contributed by atoms with Gasteiger partial charge in [-0.1, -0.05) is 13.8 Å². The molecule has 7 heteroatoms. The molecule has 1 aromatic rings. The molecule has 1 fully saturated rings. The normalized spacial score (nSPS) is 19.6. The molecule has 0 unspecified atom stereocenters. The van der Waals surface area contributed by atoms with Gasteiger partial charge in [0.2, 0.25) is 5.91 Å². The standard InChI is InChI=1S/C15H25N3O3S/c1-13(2)11-22(20,21)12-15(19)18-9-4-3-6-14(18)10-17-8-5-7-16-17/h5,7-8,13-14H,3-4,6,9-12H2,1-2H3/t14-/m1/s1. The molecule has 1 aliphatic heterocycles. The molecule has 1 saturated heterocycles. The number of amides is 1. The lowest BCUT2D eigenvalue weighted by Crippen LogP contribution is -2.48. The van der Waals surface area contributed by atoms with Gasteiger partial charge in [0.05, 0.1) is 18.3 Å². The van der Waals surface area contributed by atoms with Crippen LogP contribution in [0.3, 0.4) is 0 Å². The summed E-state index contributed by atoms with van der Waals surface area (Å²) in [4.78, 5) is 14.2. The van der Waals surface area contributed by atoms with Gasteiger partial charge in [0, 0.05) is 18.9 Å². The minimum absolute atomic E-state index is 0.0374. The van der Waals surface area contributed by atoms with Crippen molar-refractivity contribution in [3.63, 3.8) is 0 Å². The highest BCUT2D eigenvalue weighted by Crippen LogP contribution is 2.19. The van der Waals surface area contributed by atoms with Crippen LogP contribution in [0.25, 0.3) is 0 Å².